The Kier molecular flexibility index (Phi) is 6.30. The van der Waals surface area contributed by atoms with Gasteiger partial charge < -0.3 is 19.5 Å². The number of carbonyl (C=O) groups is 1. The summed E-state index contributed by atoms with van der Waals surface area (Å²) in [6.45, 7) is 0.316. The molecule has 0 aromatic heterocycles. The van der Waals surface area contributed by atoms with E-state index in [1.807, 2.05) is 48.5 Å². The van der Waals surface area contributed by atoms with Crippen LogP contribution in [0.5, 0.6) is 17.2 Å². The second kappa shape index (κ2) is 9.29. The van der Waals surface area contributed by atoms with Crippen LogP contribution in [0.4, 0.5) is 5.69 Å². The van der Waals surface area contributed by atoms with Crippen molar-refractivity contribution >= 4 is 11.6 Å². The molecular formula is C22H21NO4. The van der Waals surface area contributed by atoms with Gasteiger partial charge in [0.1, 0.15) is 12.4 Å². The van der Waals surface area contributed by atoms with Crippen molar-refractivity contribution in [3.8, 4) is 17.2 Å². The van der Waals surface area contributed by atoms with Crippen molar-refractivity contribution in [3.05, 3.63) is 84.4 Å². The van der Waals surface area contributed by atoms with Gasteiger partial charge in [-0.25, -0.2) is 0 Å². The molecule has 5 nitrogen and oxygen atoms in total. The summed E-state index contributed by atoms with van der Waals surface area (Å²) in [5.74, 6) is 1.60. The van der Waals surface area contributed by atoms with Gasteiger partial charge in [-0.1, -0.05) is 42.5 Å². The van der Waals surface area contributed by atoms with Crippen LogP contribution in [0.25, 0.3) is 0 Å². The van der Waals surface area contributed by atoms with E-state index in [4.69, 9.17) is 14.2 Å². The van der Waals surface area contributed by atoms with E-state index in [1.54, 1.807) is 37.4 Å². The van der Waals surface area contributed by atoms with Crippen LogP contribution in [-0.2, 0) is 11.4 Å². The van der Waals surface area contributed by atoms with E-state index in [0.29, 0.717) is 23.8 Å². The second-order valence-electron chi connectivity index (χ2n) is 5.79. The van der Waals surface area contributed by atoms with Gasteiger partial charge in [0.2, 0.25) is 0 Å². The van der Waals surface area contributed by atoms with Crippen LogP contribution in [-0.4, -0.2) is 19.6 Å². The predicted molar refractivity (Wildman–Crippen MR) is 104 cm³/mol. The minimum Gasteiger partial charge on any atom is -0.497 e. The highest BCUT2D eigenvalue weighted by Gasteiger charge is 2.08. The van der Waals surface area contributed by atoms with Gasteiger partial charge in [0, 0.05) is 5.69 Å². The van der Waals surface area contributed by atoms with Crippen LogP contribution < -0.4 is 19.5 Å². The monoisotopic (exact) mass is 363 g/mol. The summed E-state index contributed by atoms with van der Waals surface area (Å²) in [7, 11) is 1.60. The average Bonchev–Trinajstić information content (AvgIpc) is 2.72. The third-order valence-electron chi connectivity index (χ3n) is 3.82. The van der Waals surface area contributed by atoms with Crippen LogP contribution in [0.2, 0.25) is 0 Å². The number of carbonyl (C=O) groups excluding carboxylic acids is 1. The summed E-state index contributed by atoms with van der Waals surface area (Å²) in [4.78, 5) is 12.1. The maximum absolute atomic E-state index is 12.1. The zero-order chi connectivity index (χ0) is 18.9. The lowest BCUT2D eigenvalue weighted by Gasteiger charge is -2.13. The summed E-state index contributed by atoms with van der Waals surface area (Å²) in [6, 6.07) is 24.3. The van der Waals surface area contributed by atoms with Gasteiger partial charge in [-0.05, 0) is 42.0 Å². The van der Waals surface area contributed by atoms with E-state index in [9.17, 15) is 4.79 Å². The maximum atomic E-state index is 12.1. The number of methoxy groups -OCH3 is 1. The van der Waals surface area contributed by atoms with Gasteiger partial charge in [-0.2, -0.15) is 0 Å². The molecule has 0 unspecified atom stereocenters. The Hall–Kier alpha value is -3.47. The fourth-order valence-corrected chi connectivity index (χ4v) is 2.44. The van der Waals surface area contributed by atoms with Gasteiger partial charge in [0.25, 0.3) is 5.91 Å². The van der Waals surface area contributed by atoms with Crippen LogP contribution >= 0.6 is 0 Å². The number of rotatable bonds is 8. The molecule has 0 saturated carbocycles. The van der Waals surface area contributed by atoms with E-state index in [1.165, 1.54) is 0 Å². The molecule has 0 atom stereocenters. The van der Waals surface area contributed by atoms with Gasteiger partial charge in [-0.3, -0.25) is 4.79 Å². The minimum atomic E-state index is -0.252. The van der Waals surface area contributed by atoms with E-state index in [-0.39, 0.29) is 12.5 Å². The number of para-hydroxylation sites is 2. The Bertz CT molecular complexity index is 863. The molecule has 0 saturated heterocycles. The third-order valence-corrected chi connectivity index (χ3v) is 3.82. The molecule has 0 fully saturated rings. The van der Waals surface area contributed by atoms with Crippen molar-refractivity contribution in [1.82, 2.24) is 0 Å². The molecule has 1 amide bonds. The molecular weight excluding hydrogens is 342 g/mol. The molecule has 1 N–H and O–H groups in total. The molecule has 5 heteroatoms. The summed E-state index contributed by atoms with van der Waals surface area (Å²) in [6.07, 6.45) is 0. The lowest BCUT2D eigenvalue weighted by molar-refractivity contribution is -0.118. The summed E-state index contributed by atoms with van der Waals surface area (Å²) in [5.41, 5.74) is 1.74. The van der Waals surface area contributed by atoms with Gasteiger partial charge in [0.15, 0.2) is 18.1 Å². The first-order chi connectivity index (χ1) is 13.2. The number of ether oxygens (including phenoxy) is 3. The number of hydrogen-bond acceptors (Lipinski definition) is 4. The Balaban J connectivity index is 1.54. The highest BCUT2D eigenvalue weighted by molar-refractivity contribution is 5.91. The molecule has 0 aliphatic heterocycles. The molecule has 0 heterocycles. The van der Waals surface area contributed by atoms with Crippen LogP contribution in [0, 0.1) is 0 Å². The topological polar surface area (TPSA) is 56.8 Å². The third kappa shape index (κ3) is 5.51. The lowest BCUT2D eigenvalue weighted by Crippen LogP contribution is -2.20. The Morgan fingerprint density at radius 3 is 2.11 bits per heavy atom. The smallest absolute Gasteiger partial charge is 0.262 e. The van der Waals surface area contributed by atoms with Crippen molar-refractivity contribution in [2.24, 2.45) is 0 Å². The van der Waals surface area contributed by atoms with Gasteiger partial charge in [0.05, 0.1) is 7.11 Å². The van der Waals surface area contributed by atoms with Gasteiger partial charge in [-0.15, -0.1) is 0 Å². The summed E-state index contributed by atoms with van der Waals surface area (Å²) < 4.78 is 16.6. The zero-order valence-corrected chi connectivity index (χ0v) is 15.1. The fraction of sp³-hybridized carbons (Fsp3) is 0.136. The number of hydrogen-bond donors (Lipinski definition) is 1. The quantitative estimate of drug-likeness (QED) is 0.649. The largest absolute Gasteiger partial charge is 0.497 e. The molecule has 138 valence electrons. The number of nitrogens with one attached hydrogen (secondary N) is 1. The Morgan fingerprint density at radius 2 is 1.44 bits per heavy atom. The maximum Gasteiger partial charge on any atom is 0.262 e. The summed E-state index contributed by atoms with van der Waals surface area (Å²) in [5, 5.41) is 2.78. The Morgan fingerprint density at radius 1 is 0.815 bits per heavy atom. The molecule has 3 rings (SSSR count). The number of benzene rings is 3. The van der Waals surface area contributed by atoms with Crippen LogP contribution in [0.1, 0.15) is 5.56 Å². The van der Waals surface area contributed by atoms with Crippen LogP contribution in [0.15, 0.2) is 78.9 Å². The van der Waals surface area contributed by atoms with E-state index < -0.39 is 0 Å². The molecule has 3 aromatic rings. The van der Waals surface area contributed by atoms with Crippen molar-refractivity contribution in [2.45, 2.75) is 6.61 Å². The first-order valence-electron chi connectivity index (χ1n) is 8.57. The minimum absolute atomic E-state index is 0.113. The predicted octanol–water partition coefficient (Wildman–Crippen LogP) is 4.29. The lowest BCUT2D eigenvalue weighted by atomic mass is 10.2. The second-order valence-corrected chi connectivity index (χ2v) is 5.79. The van der Waals surface area contributed by atoms with E-state index >= 15 is 0 Å². The normalized spacial score (nSPS) is 10.1. The zero-order valence-electron chi connectivity index (χ0n) is 15.1. The SMILES string of the molecule is COc1ccc(NC(=O)COc2ccccc2OCc2ccccc2)cc1. The molecule has 0 aliphatic rings. The van der Waals surface area contributed by atoms with Crippen LogP contribution in [0.3, 0.4) is 0 Å². The highest BCUT2D eigenvalue weighted by Crippen LogP contribution is 2.27. The number of anilines is 1. The van der Waals surface area contributed by atoms with Crippen molar-refractivity contribution in [3.63, 3.8) is 0 Å². The van der Waals surface area contributed by atoms with Crippen molar-refractivity contribution in [1.29, 1.82) is 0 Å². The molecule has 3 aromatic carbocycles. The van der Waals surface area contributed by atoms with E-state index in [0.717, 1.165) is 11.3 Å². The Labute approximate surface area is 158 Å². The molecule has 0 spiro atoms. The first-order valence-corrected chi connectivity index (χ1v) is 8.57. The molecule has 27 heavy (non-hydrogen) atoms. The molecule has 0 radical (unpaired) electrons. The van der Waals surface area contributed by atoms with Crippen molar-refractivity contribution < 1.29 is 19.0 Å². The van der Waals surface area contributed by atoms with E-state index in [2.05, 4.69) is 5.32 Å². The van der Waals surface area contributed by atoms with Gasteiger partial charge >= 0.3 is 0 Å². The fourth-order valence-electron chi connectivity index (χ4n) is 2.44. The standard InChI is InChI=1S/C22H21NO4/c1-25-19-13-11-18(12-14-19)23-22(24)16-27-21-10-6-5-9-20(21)26-15-17-7-3-2-4-8-17/h2-14H,15-16H2,1H3,(H,23,24). The highest BCUT2D eigenvalue weighted by atomic mass is 16.5. The average molecular weight is 363 g/mol. The first kappa shape index (κ1) is 18.3. The summed E-state index contributed by atoms with van der Waals surface area (Å²) >= 11 is 0. The number of amides is 1. The molecule has 0 aliphatic carbocycles. The molecule has 0 bridgehead atoms. The van der Waals surface area contributed by atoms with Crippen molar-refractivity contribution in [2.75, 3.05) is 19.0 Å².